The lowest BCUT2D eigenvalue weighted by Crippen LogP contribution is -2.36. The molecule has 0 bridgehead atoms. The van der Waals surface area contributed by atoms with Gasteiger partial charge in [0, 0.05) is 26.1 Å². The fourth-order valence-corrected chi connectivity index (χ4v) is 3.66. The van der Waals surface area contributed by atoms with Gasteiger partial charge in [0.2, 0.25) is 5.91 Å². The van der Waals surface area contributed by atoms with Gasteiger partial charge in [-0.2, -0.15) is 0 Å². The van der Waals surface area contributed by atoms with E-state index in [1.54, 1.807) is 24.3 Å². The van der Waals surface area contributed by atoms with E-state index in [9.17, 15) is 14.0 Å². The van der Waals surface area contributed by atoms with E-state index in [0.29, 0.717) is 37.3 Å². The summed E-state index contributed by atoms with van der Waals surface area (Å²) in [6, 6.07) is 17.5. The predicted molar refractivity (Wildman–Crippen MR) is 111 cm³/mol. The molecule has 1 aromatic heterocycles. The quantitative estimate of drug-likeness (QED) is 0.625. The van der Waals surface area contributed by atoms with Crippen LogP contribution in [0.25, 0.3) is 11.3 Å². The molecular weight excluding hydrogens is 383 g/mol. The van der Waals surface area contributed by atoms with Crippen molar-refractivity contribution in [2.45, 2.75) is 25.8 Å². The van der Waals surface area contributed by atoms with E-state index < -0.39 is 5.82 Å². The molecule has 0 radical (unpaired) electrons. The number of halogens is 1. The van der Waals surface area contributed by atoms with E-state index in [0.717, 1.165) is 13.0 Å². The van der Waals surface area contributed by atoms with Crippen molar-refractivity contribution < 1.29 is 18.4 Å². The minimum atomic E-state index is -0.405. The highest BCUT2D eigenvalue weighted by Crippen LogP contribution is 2.24. The monoisotopic (exact) mass is 406 g/mol. The highest BCUT2D eigenvalue weighted by molar-refractivity contribution is 5.92. The van der Waals surface area contributed by atoms with E-state index in [-0.39, 0.29) is 17.6 Å². The van der Waals surface area contributed by atoms with Crippen LogP contribution < -0.4 is 5.32 Å². The summed E-state index contributed by atoms with van der Waals surface area (Å²) in [5, 5.41) is 2.76. The van der Waals surface area contributed by atoms with Gasteiger partial charge in [-0.05, 0) is 48.2 Å². The molecule has 1 aliphatic rings. The van der Waals surface area contributed by atoms with Crippen LogP contribution in [0.15, 0.2) is 65.1 Å². The molecule has 154 valence electrons. The van der Waals surface area contributed by atoms with E-state index in [4.69, 9.17) is 4.42 Å². The Morgan fingerprint density at radius 1 is 1.00 bits per heavy atom. The highest BCUT2D eigenvalue weighted by Gasteiger charge is 2.20. The van der Waals surface area contributed by atoms with Crippen LogP contribution in [0.5, 0.6) is 0 Å². The van der Waals surface area contributed by atoms with Crippen molar-refractivity contribution in [2.24, 2.45) is 0 Å². The number of nitrogens with zero attached hydrogens (tertiary/aromatic N) is 1. The van der Waals surface area contributed by atoms with E-state index >= 15 is 0 Å². The summed E-state index contributed by atoms with van der Waals surface area (Å²) in [6.45, 7) is 1.74. The third kappa shape index (κ3) is 4.43. The van der Waals surface area contributed by atoms with Gasteiger partial charge in [0.05, 0.1) is 5.56 Å². The Morgan fingerprint density at radius 3 is 2.60 bits per heavy atom. The average molecular weight is 406 g/mol. The van der Waals surface area contributed by atoms with Crippen LogP contribution in [-0.2, 0) is 17.8 Å². The summed E-state index contributed by atoms with van der Waals surface area (Å²) >= 11 is 0. The van der Waals surface area contributed by atoms with Crippen LogP contribution in [0.4, 0.5) is 4.39 Å². The Kier molecular flexibility index (Phi) is 5.93. The van der Waals surface area contributed by atoms with E-state index in [2.05, 4.69) is 17.4 Å². The second-order valence-electron chi connectivity index (χ2n) is 7.34. The van der Waals surface area contributed by atoms with Crippen molar-refractivity contribution in [1.29, 1.82) is 0 Å². The van der Waals surface area contributed by atoms with E-state index in [1.807, 2.05) is 17.0 Å². The first-order valence-corrected chi connectivity index (χ1v) is 10.1. The van der Waals surface area contributed by atoms with Crippen LogP contribution in [-0.4, -0.2) is 29.8 Å². The molecule has 0 aliphatic carbocycles. The fourth-order valence-electron chi connectivity index (χ4n) is 3.66. The molecule has 0 saturated carbocycles. The van der Waals surface area contributed by atoms with E-state index in [1.165, 1.54) is 23.3 Å². The zero-order valence-electron chi connectivity index (χ0n) is 16.6. The molecule has 6 heteroatoms. The summed E-state index contributed by atoms with van der Waals surface area (Å²) in [5.74, 6) is -0.265. The standard InChI is InChI=1S/C24H23FN2O3/c25-20-9-4-3-8-19(20)21-11-12-22(30-21)24(29)26-14-5-10-23(28)27-15-13-17-6-1-2-7-18(17)16-27/h1-4,6-9,11-12H,5,10,13-16H2,(H,26,29). The third-order valence-corrected chi connectivity index (χ3v) is 5.31. The number of benzene rings is 2. The number of nitrogens with one attached hydrogen (secondary N) is 1. The van der Waals surface area contributed by atoms with Gasteiger partial charge in [0.15, 0.2) is 5.76 Å². The summed E-state index contributed by atoms with van der Waals surface area (Å²) in [5.41, 5.74) is 2.82. The molecule has 1 N–H and O–H groups in total. The molecule has 1 aliphatic heterocycles. The summed E-state index contributed by atoms with van der Waals surface area (Å²) in [4.78, 5) is 26.6. The third-order valence-electron chi connectivity index (χ3n) is 5.31. The van der Waals surface area contributed by atoms with Gasteiger partial charge in [-0.1, -0.05) is 36.4 Å². The molecular formula is C24H23FN2O3. The topological polar surface area (TPSA) is 62.6 Å². The first kappa shape index (κ1) is 19.9. The molecule has 2 aromatic carbocycles. The highest BCUT2D eigenvalue weighted by atomic mass is 19.1. The predicted octanol–water partition coefficient (Wildman–Crippen LogP) is 4.18. The summed E-state index contributed by atoms with van der Waals surface area (Å²) in [6.07, 6.45) is 1.80. The van der Waals surface area contributed by atoms with Gasteiger partial charge >= 0.3 is 0 Å². The lowest BCUT2D eigenvalue weighted by Gasteiger charge is -2.29. The smallest absolute Gasteiger partial charge is 0.287 e. The number of carbonyl (C=O) groups excluding carboxylic acids is 2. The molecule has 2 heterocycles. The van der Waals surface area contributed by atoms with Gasteiger partial charge in [0.1, 0.15) is 11.6 Å². The zero-order chi connectivity index (χ0) is 20.9. The lowest BCUT2D eigenvalue weighted by molar-refractivity contribution is -0.132. The molecule has 2 amide bonds. The molecule has 30 heavy (non-hydrogen) atoms. The molecule has 0 atom stereocenters. The maximum absolute atomic E-state index is 13.8. The van der Waals surface area contributed by atoms with Gasteiger partial charge in [-0.3, -0.25) is 9.59 Å². The second kappa shape index (κ2) is 8.95. The van der Waals surface area contributed by atoms with Crippen molar-refractivity contribution in [2.75, 3.05) is 13.1 Å². The van der Waals surface area contributed by atoms with Crippen LogP contribution >= 0.6 is 0 Å². The molecule has 0 unspecified atom stereocenters. The molecule has 4 rings (SSSR count). The van der Waals surface area contributed by atoms with Crippen molar-refractivity contribution >= 4 is 11.8 Å². The Labute approximate surface area is 174 Å². The second-order valence-corrected chi connectivity index (χ2v) is 7.34. The van der Waals surface area contributed by atoms with Crippen LogP contribution in [0.2, 0.25) is 0 Å². The van der Waals surface area contributed by atoms with Gasteiger partial charge in [-0.15, -0.1) is 0 Å². The first-order chi connectivity index (χ1) is 14.6. The Bertz CT molecular complexity index is 1060. The van der Waals surface area contributed by atoms with Gasteiger partial charge in [-0.25, -0.2) is 4.39 Å². The molecule has 3 aromatic rings. The van der Waals surface area contributed by atoms with Crippen LogP contribution in [0.1, 0.15) is 34.5 Å². The molecule has 0 fully saturated rings. The van der Waals surface area contributed by atoms with Crippen molar-refractivity contribution in [3.05, 3.63) is 83.4 Å². The number of amides is 2. The lowest BCUT2D eigenvalue weighted by atomic mass is 9.99. The fraction of sp³-hybridized carbons (Fsp3) is 0.250. The number of carbonyl (C=O) groups is 2. The number of fused-ring (bicyclic) bond motifs is 1. The SMILES string of the molecule is O=C(NCCCC(=O)N1CCc2ccccc2C1)c1ccc(-c2ccccc2F)o1. The van der Waals surface area contributed by atoms with Gasteiger partial charge in [0.25, 0.3) is 5.91 Å². The first-order valence-electron chi connectivity index (χ1n) is 10.1. The Balaban J connectivity index is 1.24. The minimum Gasteiger partial charge on any atom is -0.451 e. The number of hydrogen-bond donors (Lipinski definition) is 1. The average Bonchev–Trinajstić information content (AvgIpc) is 3.26. The molecule has 0 saturated heterocycles. The number of furan rings is 1. The normalized spacial score (nSPS) is 13.0. The van der Waals surface area contributed by atoms with Crippen LogP contribution in [0.3, 0.4) is 0 Å². The van der Waals surface area contributed by atoms with Crippen molar-refractivity contribution in [3.8, 4) is 11.3 Å². The van der Waals surface area contributed by atoms with Crippen molar-refractivity contribution in [1.82, 2.24) is 10.2 Å². The Hall–Kier alpha value is -3.41. The number of hydrogen-bond acceptors (Lipinski definition) is 3. The van der Waals surface area contributed by atoms with Gasteiger partial charge < -0.3 is 14.6 Å². The molecule has 5 nitrogen and oxygen atoms in total. The summed E-state index contributed by atoms with van der Waals surface area (Å²) < 4.78 is 19.3. The minimum absolute atomic E-state index is 0.0959. The summed E-state index contributed by atoms with van der Waals surface area (Å²) in [7, 11) is 0. The molecule has 0 spiro atoms. The maximum Gasteiger partial charge on any atom is 0.287 e. The Morgan fingerprint density at radius 2 is 1.77 bits per heavy atom. The largest absolute Gasteiger partial charge is 0.451 e. The number of rotatable bonds is 6. The van der Waals surface area contributed by atoms with Crippen LogP contribution in [0, 0.1) is 5.82 Å². The zero-order valence-corrected chi connectivity index (χ0v) is 16.6. The van der Waals surface area contributed by atoms with Crippen molar-refractivity contribution in [3.63, 3.8) is 0 Å². The maximum atomic E-state index is 13.8.